The first kappa shape index (κ1) is 15.8. The van der Waals surface area contributed by atoms with Crippen LogP contribution in [-0.4, -0.2) is 0 Å². The highest BCUT2D eigenvalue weighted by molar-refractivity contribution is 5.15. The standard InChI is InChI=1S/C18H34/c1-7-14(2)10-13-17(18(4,5)6)16-11-8-15(3)9-12-16/h13-16H,7-12H2,1-6H3/b17-13-. The smallest absolute Gasteiger partial charge is 0.0170 e. The van der Waals surface area contributed by atoms with Crippen molar-refractivity contribution in [3.8, 4) is 0 Å². The second-order valence-electron chi connectivity index (χ2n) is 7.62. The van der Waals surface area contributed by atoms with Crippen molar-refractivity contribution >= 4 is 0 Å². The Morgan fingerprint density at radius 3 is 2.17 bits per heavy atom. The number of rotatable bonds is 4. The van der Waals surface area contributed by atoms with Crippen LogP contribution in [0.15, 0.2) is 11.6 Å². The zero-order valence-corrected chi connectivity index (χ0v) is 13.6. The van der Waals surface area contributed by atoms with Gasteiger partial charge in [-0.05, 0) is 42.4 Å². The van der Waals surface area contributed by atoms with Gasteiger partial charge in [0.25, 0.3) is 0 Å². The van der Waals surface area contributed by atoms with Crippen LogP contribution in [0.5, 0.6) is 0 Å². The van der Waals surface area contributed by atoms with E-state index in [9.17, 15) is 0 Å². The van der Waals surface area contributed by atoms with E-state index < -0.39 is 0 Å². The van der Waals surface area contributed by atoms with Crippen molar-refractivity contribution in [2.75, 3.05) is 0 Å². The van der Waals surface area contributed by atoms with Gasteiger partial charge in [0, 0.05) is 0 Å². The molecule has 1 aliphatic rings. The lowest BCUT2D eigenvalue weighted by molar-refractivity contribution is 0.285. The fraction of sp³-hybridized carbons (Fsp3) is 0.889. The van der Waals surface area contributed by atoms with Gasteiger partial charge in [-0.2, -0.15) is 0 Å². The molecule has 0 aliphatic heterocycles. The summed E-state index contributed by atoms with van der Waals surface area (Å²) < 4.78 is 0. The molecule has 0 spiro atoms. The summed E-state index contributed by atoms with van der Waals surface area (Å²) in [6.07, 6.45) is 10.9. The first-order valence-electron chi connectivity index (χ1n) is 8.05. The van der Waals surface area contributed by atoms with Crippen LogP contribution < -0.4 is 0 Å². The van der Waals surface area contributed by atoms with E-state index >= 15 is 0 Å². The number of allylic oxidation sites excluding steroid dienone is 2. The topological polar surface area (TPSA) is 0 Å². The third kappa shape index (κ3) is 4.78. The van der Waals surface area contributed by atoms with Gasteiger partial charge in [-0.25, -0.2) is 0 Å². The second-order valence-corrected chi connectivity index (χ2v) is 7.62. The van der Waals surface area contributed by atoms with Crippen LogP contribution in [-0.2, 0) is 0 Å². The number of hydrogen-bond acceptors (Lipinski definition) is 0. The minimum absolute atomic E-state index is 0.360. The summed E-state index contributed by atoms with van der Waals surface area (Å²) in [4.78, 5) is 0. The lowest BCUT2D eigenvalue weighted by Crippen LogP contribution is -2.22. The summed E-state index contributed by atoms with van der Waals surface area (Å²) in [7, 11) is 0. The Bertz CT molecular complexity index is 258. The van der Waals surface area contributed by atoms with Crippen LogP contribution in [0.1, 0.15) is 80.1 Å². The highest BCUT2D eigenvalue weighted by Gasteiger charge is 2.28. The van der Waals surface area contributed by atoms with Crippen molar-refractivity contribution in [1.82, 2.24) is 0 Å². The van der Waals surface area contributed by atoms with Crippen molar-refractivity contribution in [3.05, 3.63) is 11.6 Å². The molecule has 0 N–H and O–H groups in total. The molecule has 1 unspecified atom stereocenters. The van der Waals surface area contributed by atoms with Gasteiger partial charge >= 0.3 is 0 Å². The summed E-state index contributed by atoms with van der Waals surface area (Å²) in [6, 6.07) is 0. The molecule has 0 aromatic rings. The molecule has 0 bridgehead atoms. The van der Waals surface area contributed by atoms with Crippen molar-refractivity contribution in [2.24, 2.45) is 23.2 Å². The summed E-state index contributed by atoms with van der Waals surface area (Å²) in [5, 5.41) is 0. The van der Waals surface area contributed by atoms with Crippen LogP contribution >= 0.6 is 0 Å². The van der Waals surface area contributed by atoms with Crippen LogP contribution in [0.25, 0.3) is 0 Å². The van der Waals surface area contributed by atoms with E-state index in [1.165, 1.54) is 38.5 Å². The zero-order valence-electron chi connectivity index (χ0n) is 13.6. The Kier molecular flexibility index (Phi) is 5.95. The lowest BCUT2D eigenvalue weighted by Gasteiger charge is -2.35. The van der Waals surface area contributed by atoms with Crippen LogP contribution in [0.4, 0.5) is 0 Å². The lowest BCUT2D eigenvalue weighted by atomic mass is 9.70. The largest absolute Gasteiger partial charge is 0.0843 e. The van der Waals surface area contributed by atoms with Gasteiger partial charge in [0.05, 0.1) is 0 Å². The number of hydrogen-bond donors (Lipinski definition) is 0. The molecule has 0 heteroatoms. The van der Waals surface area contributed by atoms with Gasteiger partial charge in [0.2, 0.25) is 0 Å². The van der Waals surface area contributed by atoms with Gasteiger partial charge in [-0.15, -0.1) is 0 Å². The van der Waals surface area contributed by atoms with E-state index in [0.717, 1.165) is 17.8 Å². The molecule has 0 radical (unpaired) electrons. The molecule has 0 aromatic carbocycles. The zero-order chi connectivity index (χ0) is 13.8. The molecule has 0 heterocycles. The first-order chi connectivity index (χ1) is 8.34. The summed E-state index contributed by atoms with van der Waals surface area (Å²) in [5.41, 5.74) is 2.10. The summed E-state index contributed by atoms with van der Waals surface area (Å²) in [5.74, 6) is 2.66. The minimum atomic E-state index is 0.360. The molecule has 18 heavy (non-hydrogen) atoms. The average molecular weight is 250 g/mol. The molecule has 1 atom stereocenters. The molecule has 0 nitrogen and oxygen atoms in total. The predicted molar refractivity (Wildman–Crippen MR) is 82.7 cm³/mol. The van der Waals surface area contributed by atoms with E-state index in [0.29, 0.717) is 5.41 Å². The highest BCUT2D eigenvalue weighted by Crippen LogP contribution is 2.41. The van der Waals surface area contributed by atoms with E-state index in [1.54, 1.807) is 5.57 Å². The van der Waals surface area contributed by atoms with Crippen molar-refractivity contribution in [2.45, 2.75) is 80.1 Å². The summed E-state index contributed by atoms with van der Waals surface area (Å²) in [6.45, 7) is 14.3. The molecule has 0 amide bonds. The monoisotopic (exact) mass is 250 g/mol. The maximum atomic E-state index is 2.59. The van der Waals surface area contributed by atoms with E-state index in [4.69, 9.17) is 0 Å². The van der Waals surface area contributed by atoms with Crippen LogP contribution in [0.2, 0.25) is 0 Å². The highest BCUT2D eigenvalue weighted by atomic mass is 14.3. The maximum Gasteiger partial charge on any atom is -0.0170 e. The van der Waals surface area contributed by atoms with Crippen molar-refractivity contribution < 1.29 is 0 Å². The average Bonchev–Trinajstić information content (AvgIpc) is 2.29. The van der Waals surface area contributed by atoms with Gasteiger partial charge in [0.15, 0.2) is 0 Å². The quantitative estimate of drug-likeness (QED) is 0.519. The van der Waals surface area contributed by atoms with Gasteiger partial charge in [0.1, 0.15) is 0 Å². The Labute approximate surface area is 115 Å². The predicted octanol–water partition coefficient (Wildman–Crippen LogP) is 6.22. The minimum Gasteiger partial charge on any atom is -0.0843 e. The van der Waals surface area contributed by atoms with Gasteiger partial charge < -0.3 is 0 Å². The fourth-order valence-corrected chi connectivity index (χ4v) is 3.15. The first-order valence-corrected chi connectivity index (χ1v) is 8.05. The molecule has 0 saturated heterocycles. The SMILES string of the molecule is CCC(C)C/C=C(/C1CCC(C)CC1)C(C)(C)C. The molecule has 106 valence electrons. The second kappa shape index (κ2) is 6.78. The van der Waals surface area contributed by atoms with E-state index in [1.807, 2.05) is 0 Å². The normalized spacial score (nSPS) is 28.2. The van der Waals surface area contributed by atoms with E-state index in [-0.39, 0.29) is 0 Å². The summed E-state index contributed by atoms with van der Waals surface area (Å²) >= 11 is 0. The fourth-order valence-electron chi connectivity index (χ4n) is 3.15. The van der Waals surface area contributed by atoms with Gasteiger partial charge in [-0.3, -0.25) is 0 Å². The molecule has 0 aromatic heterocycles. The van der Waals surface area contributed by atoms with Crippen molar-refractivity contribution in [1.29, 1.82) is 0 Å². The van der Waals surface area contributed by atoms with Gasteiger partial charge in [-0.1, -0.05) is 72.5 Å². The third-order valence-corrected chi connectivity index (χ3v) is 4.76. The Morgan fingerprint density at radius 1 is 1.17 bits per heavy atom. The molecule has 1 rings (SSSR count). The molecular formula is C18H34. The third-order valence-electron chi connectivity index (χ3n) is 4.76. The molecule has 1 fully saturated rings. The Balaban J connectivity index is 2.73. The van der Waals surface area contributed by atoms with Crippen LogP contribution in [0, 0.1) is 23.2 Å². The van der Waals surface area contributed by atoms with Crippen LogP contribution in [0.3, 0.4) is 0 Å². The molecule has 1 aliphatic carbocycles. The Hall–Kier alpha value is -0.260. The van der Waals surface area contributed by atoms with Crippen molar-refractivity contribution in [3.63, 3.8) is 0 Å². The maximum absolute atomic E-state index is 2.59. The van der Waals surface area contributed by atoms with E-state index in [2.05, 4.69) is 47.6 Å². The Morgan fingerprint density at radius 2 is 1.72 bits per heavy atom. The molecular weight excluding hydrogens is 216 g/mol. The molecule has 1 saturated carbocycles.